The van der Waals surface area contributed by atoms with E-state index in [0.29, 0.717) is 4.77 Å². The number of hydrogen-bond acceptors (Lipinski definition) is 4. The summed E-state index contributed by atoms with van der Waals surface area (Å²) in [5, 5.41) is 11.5. The summed E-state index contributed by atoms with van der Waals surface area (Å²) >= 11 is 6.90. The van der Waals surface area contributed by atoms with Crippen molar-refractivity contribution in [2.24, 2.45) is 5.10 Å². The van der Waals surface area contributed by atoms with Crippen LogP contribution in [-0.4, -0.2) is 21.1 Å². The minimum absolute atomic E-state index is 0.101. The summed E-state index contributed by atoms with van der Waals surface area (Å²) in [5.74, 6) is 0.831. The molecule has 2 heterocycles. The molecule has 96 valence electrons. The molecule has 0 aliphatic heterocycles. The lowest BCUT2D eigenvalue weighted by molar-refractivity contribution is 0.516. The van der Waals surface area contributed by atoms with E-state index in [-0.39, 0.29) is 5.41 Å². The van der Waals surface area contributed by atoms with Gasteiger partial charge in [0.15, 0.2) is 5.82 Å². The van der Waals surface area contributed by atoms with Gasteiger partial charge in [-0.2, -0.15) is 14.9 Å². The molecule has 1 N–H and O–H groups in total. The standard InChI is InChI=1S/C12H16N4S2/c1-8-5-6-9(18-8)7-13-16-10(12(2,3)4)14-15-11(16)17/h5-7H,1-4H3,(H,15,17)/b13-7-. The monoisotopic (exact) mass is 280 g/mol. The third-order valence-electron chi connectivity index (χ3n) is 2.38. The van der Waals surface area contributed by atoms with E-state index in [1.54, 1.807) is 16.0 Å². The fourth-order valence-corrected chi connectivity index (χ4v) is 2.44. The number of rotatable bonds is 2. The molecule has 2 rings (SSSR count). The number of aromatic amines is 1. The van der Waals surface area contributed by atoms with Crippen LogP contribution in [0.1, 0.15) is 36.3 Å². The van der Waals surface area contributed by atoms with Gasteiger partial charge in [0.25, 0.3) is 0 Å². The molecule has 0 bridgehead atoms. The topological polar surface area (TPSA) is 46.0 Å². The van der Waals surface area contributed by atoms with E-state index in [1.165, 1.54) is 4.88 Å². The average Bonchev–Trinajstić information content (AvgIpc) is 2.81. The molecule has 0 amide bonds. The van der Waals surface area contributed by atoms with Crippen molar-refractivity contribution in [3.63, 3.8) is 0 Å². The highest BCUT2D eigenvalue weighted by Gasteiger charge is 2.21. The Kier molecular flexibility index (Phi) is 3.49. The van der Waals surface area contributed by atoms with Crippen LogP contribution in [0.15, 0.2) is 17.2 Å². The highest BCUT2D eigenvalue weighted by atomic mass is 32.1. The molecule has 0 saturated heterocycles. The van der Waals surface area contributed by atoms with Crippen LogP contribution in [0.25, 0.3) is 0 Å². The molecule has 18 heavy (non-hydrogen) atoms. The van der Waals surface area contributed by atoms with Gasteiger partial charge in [-0.1, -0.05) is 20.8 Å². The van der Waals surface area contributed by atoms with Gasteiger partial charge in [-0.15, -0.1) is 11.3 Å². The fraction of sp³-hybridized carbons (Fsp3) is 0.417. The molecule has 0 radical (unpaired) electrons. The Bertz CT molecular complexity index is 625. The molecule has 0 spiro atoms. The Hall–Kier alpha value is -1.27. The Morgan fingerprint density at radius 3 is 2.72 bits per heavy atom. The summed E-state index contributed by atoms with van der Waals surface area (Å²) in [6.45, 7) is 8.32. The highest BCUT2D eigenvalue weighted by molar-refractivity contribution is 7.71. The van der Waals surface area contributed by atoms with Gasteiger partial charge in [-0.3, -0.25) is 5.10 Å². The minimum atomic E-state index is -0.101. The van der Waals surface area contributed by atoms with E-state index in [0.717, 1.165) is 10.7 Å². The van der Waals surface area contributed by atoms with Crippen LogP contribution in [0.2, 0.25) is 0 Å². The molecule has 0 aliphatic carbocycles. The fourth-order valence-electron chi connectivity index (χ4n) is 1.52. The van der Waals surface area contributed by atoms with Crippen molar-refractivity contribution in [1.82, 2.24) is 14.9 Å². The number of thiophene rings is 1. The van der Waals surface area contributed by atoms with Gasteiger partial charge >= 0.3 is 0 Å². The first-order valence-corrected chi connectivity index (χ1v) is 6.89. The quantitative estimate of drug-likeness (QED) is 0.676. The van der Waals surface area contributed by atoms with E-state index in [1.807, 2.05) is 12.3 Å². The SMILES string of the molecule is Cc1ccc(/C=N\n2c(C(C)(C)C)n[nH]c2=S)s1. The van der Waals surface area contributed by atoms with Crippen molar-refractivity contribution in [2.75, 3.05) is 0 Å². The molecular weight excluding hydrogens is 264 g/mol. The second-order valence-corrected chi connectivity index (χ2v) is 6.81. The van der Waals surface area contributed by atoms with E-state index >= 15 is 0 Å². The van der Waals surface area contributed by atoms with Crippen LogP contribution >= 0.6 is 23.6 Å². The van der Waals surface area contributed by atoms with E-state index < -0.39 is 0 Å². The van der Waals surface area contributed by atoms with Crippen molar-refractivity contribution in [3.05, 3.63) is 32.5 Å². The van der Waals surface area contributed by atoms with Crippen molar-refractivity contribution in [2.45, 2.75) is 33.1 Å². The van der Waals surface area contributed by atoms with Gasteiger partial charge < -0.3 is 0 Å². The Balaban J connectivity index is 2.37. The maximum absolute atomic E-state index is 5.20. The van der Waals surface area contributed by atoms with E-state index in [2.05, 4.69) is 49.1 Å². The van der Waals surface area contributed by atoms with E-state index in [4.69, 9.17) is 12.2 Å². The van der Waals surface area contributed by atoms with Crippen LogP contribution in [0.5, 0.6) is 0 Å². The second-order valence-electron chi connectivity index (χ2n) is 5.11. The molecule has 0 aliphatic rings. The number of hydrogen-bond donors (Lipinski definition) is 1. The largest absolute Gasteiger partial charge is 0.250 e. The summed E-state index contributed by atoms with van der Waals surface area (Å²) in [6.07, 6.45) is 1.82. The summed E-state index contributed by atoms with van der Waals surface area (Å²) in [5.41, 5.74) is -0.101. The first-order valence-electron chi connectivity index (χ1n) is 5.66. The normalized spacial score (nSPS) is 12.4. The van der Waals surface area contributed by atoms with Crippen LogP contribution in [0.3, 0.4) is 0 Å². The van der Waals surface area contributed by atoms with Crippen molar-refractivity contribution < 1.29 is 0 Å². The summed E-state index contributed by atoms with van der Waals surface area (Å²) in [7, 11) is 0. The molecular formula is C12H16N4S2. The van der Waals surface area contributed by atoms with Crippen molar-refractivity contribution in [1.29, 1.82) is 0 Å². The lowest BCUT2D eigenvalue weighted by atomic mass is 9.96. The lowest BCUT2D eigenvalue weighted by Crippen LogP contribution is -2.17. The molecule has 0 aromatic carbocycles. The molecule has 2 aromatic rings. The van der Waals surface area contributed by atoms with Crippen molar-refractivity contribution in [3.8, 4) is 0 Å². The summed E-state index contributed by atoms with van der Waals surface area (Å²) in [4.78, 5) is 2.37. The Morgan fingerprint density at radius 1 is 1.44 bits per heavy atom. The van der Waals surface area contributed by atoms with Gasteiger partial charge in [0.2, 0.25) is 4.77 Å². The molecule has 2 aromatic heterocycles. The molecule has 0 fully saturated rings. The molecule has 0 unspecified atom stereocenters. The van der Waals surface area contributed by atoms with Crippen molar-refractivity contribution >= 4 is 29.8 Å². The third-order valence-corrected chi connectivity index (χ3v) is 3.58. The number of nitrogens with one attached hydrogen (secondary N) is 1. The summed E-state index contributed by atoms with van der Waals surface area (Å²) in [6, 6.07) is 4.12. The first kappa shape index (κ1) is 13.2. The molecule has 0 atom stereocenters. The van der Waals surface area contributed by atoms with Gasteiger partial charge in [0.05, 0.1) is 6.21 Å². The van der Waals surface area contributed by atoms with Crippen LogP contribution < -0.4 is 0 Å². The lowest BCUT2D eigenvalue weighted by Gasteiger charge is -2.15. The third kappa shape index (κ3) is 2.76. The number of H-pyrrole nitrogens is 1. The number of nitrogens with zero attached hydrogens (tertiary/aromatic N) is 3. The first-order chi connectivity index (χ1) is 8.38. The molecule has 6 heteroatoms. The zero-order valence-electron chi connectivity index (χ0n) is 10.9. The highest BCUT2D eigenvalue weighted by Crippen LogP contribution is 2.20. The smallest absolute Gasteiger partial charge is 0.216 e. The Morgan fingerprint density at radius 2 is 2.17 bits per heavy atom. The van der Waals surface area contributed by atoms with Gasteiger partial charge in [0.1, 0.15) is 0 Å². The number of aromatic nitrogens is 3. The minimum Gasteiger partial charge on any atom is -0.250 e. The predicted molar refractivity (Wildman–Crippen MR) is 78.2 cm³/mol. The second kappa shape index (κ2) is 4.78. The van der Waals surface area contributed by atoms with Gasteiger partial charge in [-0.25, -0.2) is 0 Å². The zero-order valence-corrected chi connectivity index (χ0v) is 12.5. The summed E-state index contributed by atoms with van der Waals surface area (Å²) < 4.78 is 2.20. The van der Waals surface area contributed by atoms with E-state index in [9.17, 15) is 0 Å². The number of aryl methyl sites for hydroxylation is 1. The van der Waals surface area contributed by atoms with Crippen LogP contribution in [-0.2, 0) is 5.41 Å². The van der Waals surface area contributed by atoms with Gasteiger partial charge in [-0.05, 0) is 31.3 Å². The Labute approximate surface area is 115 Å². The molecule has 4 nitrogen and oxygen atoms in total. The maximum Gasteiger partial charge on any atom is 0.216 e. The maximum atomic E-state index is 5.20. The molecule has 0 saturated carbocycles. The van der Waals surface area contributed by atoms with Crippen LogP contribution in [0, 0.1) is 11.7 Å². The zero-order chi connectivity index (χ0) is 13.3. The van der Waals surface area contributed by atoms with Gasteiger partial charge in [0, 0.05) is 15.2 Å². The average molecular weight is 280 g/mol. The predicted octanol–water partition coefficient (Wildman–Crippen LogP) is 3.49. The van der Waals surface area contributed by atoms with Crippen LogP contribution in [0.4, 0.5) is 0 Å².